The van der Waals surface area contributed by atoms with E-state index in [9.17, 15) is 14.7 Å². The van der Waals surface area contributed by atoms with Crippen molar-refractivity contribution in [2.24, 2.45) is 17.3 Å². The monoisotopic (exact) mass is 334 g/mol. The molecule has 2 atom stereocenters. The maximum atomic E-state index is 12.7. The van der Waals surface area contributed by atoms with Crippen LogP contribution in [0.15, 0.2) is 16.5 Å². The van der Waals surface area contributed by atoms with Gasteiger partial charge < -0.3 is 19.0 Å². The molecule has 130 valence electrons. The van der Waals surface area contributed by atoms with Crippen LogP contribution in [0.25, 0.3) is 0 Å². The Morgan fingerprint density at radius 2 is 1.96 bits per heavy atom. The zero-order valence-corrected chi connectivity index (χ0v) is 13.7. The Balaban J connectivity index is 1.43. The number of methoxy groups -OCH3 is 1. The largest absolute Gasteiger partial charge is 0.463 e. The van der Waals surface area contributed by atoms with Crippen molar-refractivity contribution in [1.82, 2.24) is 0 Å². The van der Waals surface area contributed by atoms with Crippen LogP contribution in [0, 0.1) is 17.3 Å². The minimum absolute atomic E-state index is 0.00859. The molecule has 0 aliphatic heterocycles. The van der Waals surface area contributed by atoms with Gasteiger partial charge in [-0.25, -0.2) is 4.79 Å². The first-order chi connectivity index (χ1) is 11.4. The number of aliphatic hydroxyl groups is 1. The first kappa shape index (κ1) is 15.7. The topological polar surface area (TPSA) is 86.0 Å². The Morgan fingerprint density at radius 1 is 1.25 bits per heavy atom. The van der Waals surface area contributed by atoms with E-state index in [1.54, 1.807) is 6.07 Å². The molecule has 5 rings (SSSR count). The normalized spacial score (nSPS) is 36.6. The Kier molecular flexibility index (Phi) is 3.49. The molecule has 4 aliphatic carbocycles. The highest BCUT2D eigenvalue weighted by atomic mass is 16.6. The van der Waals surface area contributed by atoms with Crippen molar-refractivity contribution in [3.8, 4) is 0 Å². The molecular weight excluding hydrogens is 312 g/mol. The maximum absolute atomic E-state index is 12.7. The number of rotatable bonds is 4. The lowest BCUT2D eigenvalue weighted by atomic mass is 9.48. The molecular formula is C18H22O6. The number of carbonyl (C=O) groups is 2. The molecule has 6 nitrogen and oxygen atoms in total. The Bertz CT molecular complexity index is 661. The highest BCUT2D eigenvalue weighted by molar-refractivity contribution is 5.86. The molecule has 4 aliphatic rings. The molecule has 1 aromatic heterocycles. The molecule has 0 saturated heterocycles. The van der Waals surface area contributed by atoms with Crippen molar-refractivity contribution in [3.05, 3.63) is 23.7 Å². The fourth-order valence-corrected chi connectivity index (χ4v) is 5.41. The van der Waals surface area contributed by atoms with Gasteiger partial charge in [0.25, 0.3) is 0 Å². The van der Waals surface area contributed by atoms with Crippen LogP contribution in [-0.2, 0) is 20.9 Å². The van der Waals surface area contributed by atoms with Crippen LogP contribution in [0.3, 0.4) is 0 Å². The van der Waals surface area contributed by atoms with Crippen LogP contribution in [0.2, 0.25) is 0 Å². The van der Waals surface area contributed by atoms with Crippen LogP contribution >= 0.6 is 0 Å². The van der Waals surface area contributed by atoms with E-state index in [4.69, 9.17) is 9.15 Å². The standard InChI is InChI=1S/C18H22O6/c1-22-15(19)14-3-2-13(24-14)9-23-16(20)17-5-11-4-12(6-17)8-18(21,7-11)10-17/h2-3,11-12,21H,4-10H2,1H3/t11-,12-,17?,18?/m1/s1. The van der Waals surface area contributed by atoms with E-state index in [0.29, 0.717) is 24.0 Å². The third-order valence-electron chi connectivity index (χ3n) is 5.86. The number of hydrogen-bond acceptors (Lipinski definition) is 6. The van der Waals surface area contributed by atoms with Gasteiger partial charge in [-0.2, -0.15) is 0 Å². The van der Waals surface area contributed by atoms with E-state index >= 15 is 0 Å². The zero-order valence-electron chi connectivity index (χ0n) is 13.7. The SMILES string of the molecule is COC(=O)c1ccc(COC(=O)C23C[C@H]4C[C@@H](CC(O)(C4)C2)C3)o1. The van der Waals surface area contributed by atoms with E-state index in [1.807, 2.05) is 0 Å². The predicted molar refractivity (Wildman–Crippen MR) is 81.9 cm³/mol. The van der Waals surface area contributed by atoms with Gasteiger partial charge in [-0.15, -0.1) is 0 Å². The summed E-state index contributed by atoms with van der Waals surface area (Å²) >= 11 is 0. The Morgan fingerprint density at radius 3 is 2.58 bits per heavy atom. The summed E-state index contributed by atoms with van der Waals surface area (Å²) < 4.78 is 15.4. The van der Waals surface area contributed by atoms with Crippen molar-refractivity contribution in [3.63, 3.8) is 0 Å². The van der Waals surface area contributed by atoms with Gasteiger partial charge in [-0.05, 0) is 62.5 Å². The van der Waals surface area contributed by atoms with Crippen LogP contribution in [0.4, 0.5) is 0 Å². The van der Waals surface area contributed by atoms with Crippen molar-refractivity contribution in [2.45, 2.75) is 50.7 Å². The second kappa shape index (κ2) is 5.34. The maximum Gasteiger partial charge on any atom is 0.373 e. The van der Waals surface area contributed by atoms with Crippen LogP contribution < -0.4 is 0 Å². The lowest BCUT2D eigenvalue weighted by molar-refractivity contribution is -0.197. The molecule has 1 heterocycles. The van der Waals surface area contributed by atoms with Gasteiger partial charge in [0.15, 0.2) is 0 Å². The van der Waals surface area contributed by atoms with E-state index in [2.05, 4.69) is 4.74 Å². The highest BCUT2D eigenvalue weighted by Gasteiger charge is 2.60. The summed E-state index contributed by atoms with van der Waals surface area (Å²) in [5.41, 5.74) is -1.23. The first-order valence-electron chi connectivity index (χ1n) is 8.48. The van der Waals surface area contributed by atoms with E-state index < -0.39 is 17.0 Å². The van der Waals surface area contributed by atoms with Crippen molar-refractivity contribution < 1.29 is 28.6 Å². The minimum Gasteiger partial charge on any atom is -0.463 e. The second-order valence-corrected chi connectivity index (χ2v) is 7.80. The van der Waals surface area contributed by atoms with Gasteiger partial charge in [-0.1, -0.05) is 0 Å². The third-order valence-corrected chi connectivity index (χ3v) is 5.86. The van der Waals surface area contributed by atoms with Crippen LogP contribution in [0.5, 0.6) is 0 Å². The summed E-state index contributed by atoms with van der Waals surface area (Å²) in [7, 11) is 1.28. The fourth-order valence-electron chi connectivity index (χ4n) is 5.41. The molecule has 4 fully saturated rings. The number of ether oxygens (including phenoxy) is 2. The molecule has 6 heteroatoms. The van der Waals surface area contributed by atoms with Gasteiger partial charge >= 0.3 is 11.9 Å². The third kappa shape index (κ3) is 2.53. The fraction of sp³-hybridized carbons (Fsp3) is 0.667. The molecule has 0 aromatic carbocycles. The summed E-state index contributed by atoms with van der Waals surface area (Å²) in [4.78, 5) is 24.1. The minimum atomic E-state index is -0.689. The van der Waals surface area contributed by atoms with Gasteiger partial charge in [0.05, 0.1) is 18.1 Å². The molecule has 1 aromatic rings. The number of furan rings is 1. The smallest absolute Gasteiger partial charge is 0.373 e. The predicted octanol–water partition coefficient (Wildman–Crippen LogP) is 2.44. The van der Waals surface area contributed by atoms with Gasteiger partial charge in [0.2, 0.25) is 5.76 Å². The molecule has 1 N–H and O–H groups in total. The average Bonchev–Trinajstić information content (AvgIpc) is 2.98. The van der Waals surface area contributed by atoms with Crippen molar-refractivity contribution in [2.75, 3.05) is 7.11 Å². The quantitative estimate of drug-likeness (QED) is 0.851. The zero-order chi connectivity index (χ0) is 16.9. The average molecular weight is 334 g/mol. The van der Waals surface area contributed by atoms with Gasteiger partial charge in [0.1, 0.15) is 12.4 Å². The molecule has 4 bridgehead atoms. The summed E-state index contributed by atoms with van der Waals surface area (Å²) in [5, 5.41) is 10.7. The Labute approximate surface area is 140 Å². The summed E-state index contributed by atoms with van der Waals surface area (Å²) in [6.45, 7) is -0.00859. The second-order valence-electron chi connectivity index (χ2n) is 7.80. The summed E-state index contributed by atoms with van der Waals surface area (Å²) in [5.74, 6) is 0.554. The van der Waals surface area contributed by atoms with E-state index in [1.165, 1.54) is 13.2 Å². The van der Waals surface area contributed by atoms with Crippen LogP contribution in [0.1, 0.15) is 54.8 Å². The van der Waals surface area contributed by atoms with Crippen LogP contribution in [-0.4, -0.2) is 29.8 Å². The van der Waals surface area contributed by atoms with Gasteiger partial charge in [0, 0.05) is 0 Å². The lowest BCUT2D eigenvalue weighted by Crippen LogP contribution is -2.58. The van der Waals surface area contributed by atoms with Gasteiger partial charge in [-0.3, -0.25) is 4.79 Å². The molecule has 4 saturated carbocycles. The van der Waals surface area contributed by atoms with E-state index in [0.717, 1.165) is 32.1 Å². The molecule has 0 radical (unpaired) electrons. The number of hydrogen-bond donors (Lipinski definition) is 1. The van der Waals surface area contributed by atoms with Crippen molar-refractivity contribution in [1.29, 1.82) is 0 Å². The van der Waals surface area contributed by atoms with Crippen molar-refractivity contribution >= 4 is 11.9 Å². The number of esters is 2. The molecule has 0 unspecified atom stereocenters. The van der Waals surface area contributed by atoms with E-state index in [-0.39, 0.29) is 18.3 Å². The molecule has 24 heavy (non-hydrogen) atoms. The first-order valence-corrected chi connectivity index (χ1v) is 8.48. The highest BCUT2D eigenvalue weighted by Crippen LogP contribution is 2.62. The summed E-state index contributed by atoms with van der Waals surface area (Å²) in [6, 6.07) is 3.11. The number of carbonyl (C=O) groups excluding carboxylic acids is 2. The summed E-state index contributed by atoms with van der Waals surface area (Å²) in [6.07, 6.45) is 4.90. The molecule has 0 spiro atoms. The Hall–Kier alpha value is -1.82. The lowest BCUT2D eigenvalue weighted by Gasteiger charge is -2.58. The molecule has 0 amide bonds.